The smallest absolute Gasteiger partial charge is 0.126 e. The number of hydrogen-bond donors (Lipinski definition) is 3. The van der Waals surface area contributed by atoms with Gasteiger partial charge in [-0.3, -0.25) is 0 Å². The second kappa shape index (κ2) is 4.50. The third kappa shape index (κ3) is 2.29. The number of halogens is 1. The molecule has 2 unspecified atom stereocenters. The summed E-state index contributed by atoms with van der Waals surface area (Å²) in [6.45, 7) is 1.48. The van der Waals surface area contributed by atoms with Crippen LogP contribution < -0.4 is 11.5 Å². The van der Waals surface area contributed by atoms with Crippen molar-refractivity contribution >= 4 is 0 Å². The van der Waals surface area contributed by atoms with Gasteiger partial charge in [-0.05, 0) is 24.1 Å². The van der Waals surface area contributed by atoms with Gasteiger partial charge in [-0.1, -0.05) is 12.1 Å². The lowest BCUT2D eigenvalue weighted by Crippen LogP contribution is -2.37. The van der Waals surface area contributed by atoms with Gasteiger partial charge < -0.3 is 16.6 Å². The fourth-order valence-electron chi connectivity index (χ4n) is 1.24. The maximum atomic E-state index is 12.9. The number of hydrogen-bond acceptors (Lipinski definition) is 3. The molecule has 3 nitrogen and oxygen atoms in total. The second-order valence-corrected chi connectivity index (χ2v) is 3.38. The molecule has 4 heteroatoms. The monoisotopic (exact) mass is 198 g/mol. The predicted octanol–water partition coefficient (Wildman–Crippen LogP) is 0.454. The summed E-state index contributed by atoms with van der Waals surface area (Å²) >= 11 is 0. The van der Waals surface area contributed by atoms with Crippen LogP contribution in [0.5, 0.6) is 0 Å². The Morgan fingerprint density at radius 2 is 2.07 bits per heavy atom. The van der Waals surface area contributed by atoms with Gasteiger partial charge in [0.15, 0.2) is 0 Å². The Morgan fingerprint density at radius 1 is 1.43 bits per heavy atom. The molecule has 0 amide bonds. The normalized spacial score (nSPS) is 15.2. The third-order valence-corrected chi connectivity index (χ3v) is 2.24. The lowest BCUT2D eigenvalue weighted by molar-refractivity contribution is 0.249. The molecular weight excluding hydrogens is 183 g/mol. The molecule has 1 aromatic rings. The molecule has 0 saturated heterocycles. The Labute approximate surface area is 82.5 Å². The molecule has 0 aromatic heterocycles. The average molecular weight is 198 g/mol. The summed E-state index contributed by atoms with van der Waals surface area (Å²) in [5.74, 6) is -0.265. The Bertz CT molecular complexity index is 317. The van der Waals surface area contributed by atoms with Gasteiger partial charge in [0.1, 0.15) is 5.82 Å². The Hall–Kier alpha value is -0.970. The van der Waals surface area contributed by atoms with E-state index in [0.29, 0.717) is 5.56 Å². The standard InChI is InChI=1S/C10H15FN2O/c1-6-4-7(2-3-8(6)11)10(13)9(12)5-14/h2-4,9-10,14H,5,12-13H2,1H3. The van der Waals surface area contributed by atoms with Crippen LogP contribution in [0.25, 0.3) is 0 Å². The lowest BCUT2D eigenvalue weighted by atomic mass is 9.99. The van der Waals surface area contributed by atoms with Gasteiger partial charge in [0.2, 0.25) is 0 Å². The number of aliphatic hydroxyl groups excluding tert-OH is 1. The minimum Gasteiger partial charge on any atom is -0.395 e. The number of aliphatic hydroxyl groups is 1. The summed E-state index contributed by atoms with van der Waals surface area (Å²) < 4.78 is 12.9. The fraction of sp³-hybridized carbons (Fsp3) is 0.400. The van der Waals surface area contributed by atoms with Crippen molar-refractivity contribution in [3.05, 3.63) is 35.1 Å². The highest BCUT2D eigenvalue weighted by atomic mass is 19.1. The van der Waals surface area contributed by atoms with Crippen LogP contribution in [0.2, 0.25) is 0 Å². The molecular formula is C10H15FN2O. The topological polar surface area (TPSA) is 72.3 Å². The van der Waals surface area contributed by atoms with Crippen molar-refractivity contribution < 1.29 is 9.50 Å². The van der Waals surface area contributed by atoms with Crippen molar-refractivity contribution in [1.29, 1.82) is 0 Å². The number of benzene rings is 1. The van der Waals surface area contributed by atoms with Crippen LogP contribution in [0.3, 0.4) is 0 Å². The fourth-order valence-corrected chi connectivity index (χ4v) is 1.24. The molecule has 0 bridgehead atoms. The van der Waals surface area contributed by atoms with Gasteiger partial charge in [-0.15, -0.1) is 0 Å². The zero-order valence-electron chi connectivity index (χ0n) is 8.07. The largest absolute Gasteiger partial charge is 0.395 e. The van der Waals surface area contributed by atoms with E-state index in [1.165, 1.54) is 6.07 Å². The highest BCUT2D eigenvalue weighted by Crippen LogP contribution is 2.16. The first-order valence-electron chi connectivity index (χ1n) is 4.44. The molecule has 2 atom stereocenters. The van der Waals surface area contributed by atoms with Crippen molar-refractivity contribution in [1.82, 2.24) is 0 Å². The van der Waals surface area contributed by atoms with Gasteiger partial charge in [0, 0.05) is 12.1 Å². The van der Waals surface area contributed by atoms with Crippen LogP contribution in [0.1, 0.15) is 17.2 Å². The first-order chi connectivity index (χ1) is 6.56. The summed E-state index contributed by atoms with van der Waals surface area (Å²) in [4.78, 5) is 0. The van der Waals surface area contributed by atoms with E-state index in [2.05, 4.69) is 0 Å². The van der Waals surface area contributed by atoms with Crippen LogP contribution in [0.15, 0.2) is 18.2 Å². The van der Waals surface area contributed by atoms with Crippen molar-refractivity contribution in [2.75, 3.05) is 6.61 Å². The van der Waals surface area contributed by atoms with Crippen LogP contribution in [0.4, 0.5) is 4.39 Å². The van der Waals surface area contributed by atoms with Crippen LogP contribution in [-0.2, 0) is 0 Å². The number of aryl methyl sites for hydroxylation is 1. The first kappa shape index (κ1) is 11.1. The molecule has 0 fully saturated rings. The summed E-state index contributed by atoms with van der Waals surface area (Å²) in [5.41, 5.74) is 12.6. The SMILES string of the molecule is Cc1cc(C(N)C(N)CO)ccc1F. The van der Waals surface area contributed by atoms with Crippen molar-refractivity contribution in [3.8, 4) is 0 Å². The van der Waals surface area contributed by atoms with E-state index in [0.717, 1.165) is 5.56 Å². The summed E-state index contributed by atoms with van der Waals surface area (Å²) in [6.07, 6.45) is 0. The van der Waals surface area contributed by atoms with E-state index in [-0.39, 0.29) is 12.4 Å². The van der Waals surface area contributed by atoms with Crippen molar-refractivity contribution in [3.63, 3.8) is 0 Å². The van der Waals surface area contributed by atoms with Crippen LogP contribution in [-0.4, -0.2) is 17.8 Å². The number of rotatable bonds is 3. The van der Waals surface area contributed by atoms with Crippen LogP contribution in [0, 0.1) is 12.7 Å². The summed E-state index contributed by atoms with van der Waals surface area (Å²) in [6, 6.07) is 3.62. The molecule has 0 heterocycles. The molecule has 14 heavy (non-hydrogen) atoms. The molecule has 5 N–H and O–H groups in total. The molecule has 78 valence electrons. The summed E-state index contributed by atoms with van der Waals surface area (Å²) in [5, 5.41) is 8.81. The van der Waals surface area contributed by atoms with Crippen molar-refractivity contribution in [2.45, 2.75) is 19.0 Å². The minimum absolute atomic E-state index is 0.183. The first-order valence-corrected chi connectivity index (χ1v) is 4.44. The molecule has 0 aliphatic heterocycles. The molecule has 0 spiro atoms. The van der Waals surface area contributed by atoms with Gasteiger partial charge in [0.05, 0.1) is 6.61 Å². The maximum absolute atomic E-state index is 12.9. The van der Waals surface area contributed by atoms with E-state index in [1.807, 2.05) is 0 Å². The molecule has 1 aromatic carbocycles. The average Bonchev–Trinajstić information content (AvgIpc) is 2.20. The molecule has 0 aliphatic rings. The van der Waals surface area contributed by atoms with Gasteiger partial charge in [-0.25, -0.2) is 4.39 Å². The van der Waals surface area contributed by atoms with Crippen molar-refractivity contribution in [2.24, 2.45) is 11.5 Å². The molecule has 1 rings (SSSR count). The highest BCUT2D eigenvalue weighted by molar-refractivity contribution is 5.27. The minimum atomic E-state index is -0.514. The van der Waals surface area contributed by atoms with E-state index < -0.39 is 12.1 Å². The summed E-state index contributed by atoms with van der Waals surface area (Å²) in [7, 11) is 0. The van der Waals surface area contributed by atoms with Gasteiger partial charge in [0.25, 0.3) is 0 Å². The Kier molecular flexibility index (Phi) is 3.57. The van der Waals surface area contributed by atoms with Crippen LogP contribution >= 0.6 is 0 Å². The van der Waals surface area contributed by atoms with Gasteiger partial charge >= 0.3 is 0 Å². The lowest BCUT2D eigenvalue weighted by Gasteiger charge is -2.18. The zero-order chi connectivity index (χ0) is 10.7. The van der Waals surface area contributed by atoms with Gasteiger partial charge in [-0.2, -0.15) is 0 Å². The van der Waals surface area contributed by atoms with E-state index in [4.69, 9.17) is 16.6 Å². The predicted molar refractivity (Wildman–Crippen MR) is 53.1 cm³/mol. The highest BCUT2D eigenvalue weighted by Gasteiger charge is 2.14. The second-order valence-electron chi connectivity index (χ2n) is 3.38. The van der Waals surface area contributed by atoms with E-state index in [1.54, 1.807) is 19.1 Å². The third-order valence-electron chi connectivity index (χ3n) is 2.24. The quantitative estimate of drug-likeness (QED) is 0.660. The number of nitrogens with two attached hydrogens (primary N) is 2. The maximum Gasteiger partial charge on any atom is 0.126 e. The molecule has 0 radical (unpaired) electrons. The molecule has 0 saturated carbocycles. The Balaban J connectivity index is 2.91. The zero-order valence-corrected chi connectivity index (χ0v) is 8.07. The molecule has 0 aliphatic carbocycles. The van der Waals surface area contributed by atoms with E-state index >= 15 is 0 Å². The Morgan fingerprint density at radius 3 is 2.57 bits per heavy atom. The van der Waals surface area contributed by atoms with E-state index in [9.17, 15) is 4.39 Å².